The maximum atomic E-state index is 12.2. The lowest BCUT2D eigenvalue weighted by Gasteiger charge is -1.97. The van der Waals surface area contributed by atoms with Gasteiger partial charge in [-0.3, -0.25) is 9.13 Å². The molecule has 0 N–H and O–H groups in total. The van der Waals surface area contributed by atoms with E-state index < -0.39 is 0 Å². The highest BCUT2D eigenvalue weighted by Gasteiger charge is 2.25. The van der Waals surface area contributed by atoms with Crippen molar-refractivity contribution in [1.82, 2.24) is 14.1 Å². The summed E-state index contributed by atoms with van der Waals surface area (Å²) < 4.78 is 4.76. The van der Waals surface area contributed by atoms with Crippen LogP contribution in [0.3, 0.4) is 0 Å². The van der Waals surface area contributed by atoms with Gasteiger partial charge in [0.1, 0.15) is 5.01 Å². The van der Waals surface area contributed by atoms with E-state index in [1.54, 1.807) is 15.9 Å². The molecule has 5 heteroatoms. The first kappa shape index (κ1) is 11.0. The second kappa shape index (κ2) is 4.06. The standard InChI is InChI=1S/C14H13N3OS/c18-14-16(7-8-17(14)10-5-6-10)9-13-15-11-3-1-2-4-12(11)19-13/h1-4,7-8,10H,5-6,9H2. The van der Waals surface area contributed by atoms with Crippen LogP contribution in [-0.4, -0.2) is 14.1 Å². The molecule has 1 aliphatic carbocycles. The predicted molar refractivity (Wildman–Crippen MR) is 75.7 cm³/mol. The van der Waals surface area contributed by atoms with Crippen molar-refractivity contribution in [2.45, 2.75) is 25.4 Å². The molecule has 1 fully saturated rings. The summed E-state index contributed by atoms with van der Waals surface area (Å²) in [6, 6.07) is 8.51. The van der Waals surface area contributed by atoms with E-state index in [0.717, 1.165) is 23.4 Å². The Labute approximate surface area is 113 Å². The molecule has 0 aliphatic heterocycles. The monoisotopic (exact) mass is 271 g/mol. The van der Waals surface area contributed by atoms with E-state index >= 15 is 0 Å². The molecule has 19 heavy (non-hydrogen) atoms. The molecule has 0 radical (unpaired) electrons. The Balaban J connectivity index is 1.68. The van der Waals surface area contributed by atoms with E-state index in [0.29, 0.717) is 12.6 Å². The summed E-state index contributed by atoms with van der Waals surface area (Å²) in [5.41, 5.74) is 1.10. The molecular weight excluding hydrogens is 258 g/mol. The van der Waals surface area contributed by atoms with Crippen LogP contribution in [0.1, 0.15) is 23.9 Å². The molecule has 0 atom stereocenters. The Kier molecular flexibility index (Phi) is 2.35. The molecule has 2 aromatic heterocycles. The third kappa shape index (κ3) is 1.90. The Bertz CT molecular complexity index is 761. The van der Waals surface area contributed by atoms with Gasteiger partial charge < -0.3 is 0 Å². The summed E-state index contributed by atoms with van der Waals surface area (Å²) in [5, 5.41) is 0.983. The Morgan fingerprint density at radius 3 is 2.89 bits per heavy atom. The minimum absolute atomic E-state index is 0.0850. The molecule has 1 aromatic carbocycles. The number of hydrogen-bond acceptors (Lipinski definition) is 3. The first-order valence-electron chi connectivity index (χ1n) is 6.43. The Hall–Kier alpha value is -1.88. The van der Waals surface area contributed by atoms with Crippen LogP contribution in [0, 0.1) is 0 Å². The number of imidazole rings is 1. The molecule has 0 spiro atoms. The average Bonchev–Trinajstić information content (AvgIpc) is 3.07. The van der Waals surface area contributed by atoms with Gasteiger partial charge in [0.25, 0.3) is 0 Å². The van der Waals surface area contributed by atoms with E-state index in [4.69, 9.17) is 0 Å². The lowest BCUT2D eigenvalue weighted by Crippen LogP contribution is -2.23. The molecule has 0 amide bonds. The lowest BCUT2D eigenvalue weighted by molar-refractivity contribution is 0.655. The number of nitrogens with zero attached hydrogens (tertiary/aromatic N) is 3. The molecule has 1 aliphatic rings. The van der Waals surface area contributed by atoms with Gasteiger partial charge in [-0.05, 0) is 25.0 Å². The second-order valence-electron chi connectivity index (χ2n) is 4.92. The normalized spacial score (nSPS) is 15.2. The molecule has 0 saturated heterocycles. The summed E-state index contributed by atoms with van der Waals surface area (Å²) in [4.78, 5) is 16.7. The first-order chi connectivity index (χ1) is 9.31. The highest BCUT2D eigenvalue weighted by atomic mass is 32.1. The van der Waals surface area contributed by atoms with Gasteiger partial charge in [-0.2, -0.15) is 0 Å². The van der Waals surface area contributed by atoms with Crippen molar-refractivity contribution in [3.8, 4) is 0 Å². The number of hydrogen-bond donors (Lipinski definition) is 0. The highest BCUT2D eigenvalue weighted by molar-refractivity contribution is 7.18. The van der Waals surface area contributed by atoms with E-state index in [2.05, 4.69) is 11.1 Å². The summed E-state index contributed by atoms with van der Waals surface area (Å²) in [6.45, 7) is 0.567. The molecule has 1 saturated carbocycles. The van der Waals surface area contributed by atoms with Crippen LogP contribution >= 0.6 is 11.3 Å². The van der Waals surface area contributed by atoms with E-state index in [9.17, 15) is 4.79 Å². The van der Waals surface area contributed by atoms with Crippen molar-refractivity contribution in [2.24, 2.45) is 0 Å². The molecule has 3 aromatic rings. The van der Waals surface area contributed by atoms with Crippen LogP contribution in [0.4, 0.5) is 0 Å². The van der Waals surface area contributed by atoms with Crippen LogP contribution in [0.15, 0.2) is 41.5 Å². The topological polar surface area (TPSA) is 39.8 Å². The number of aromatic nitrogens is 3. The zero-order chi connectivity index (χ0) is 12.8. The second-order valence-corrected chi connectivity index (χ2v) is 6.04. The van der Waals surface area contributed by atoms with E-state index in [1.165, 1.54) is 4.70 Å². The van der Waals surface area contributed by atoms with Gasteiger partial charge in [0, 0.05) is 18.4 Å². The van der Waals surface area contributed by atoms with E-state index in [1.807, 2.05) is 35.2 Å². The maximum Gasteiger partial charge on any atom is 0.328 e. The number of thiazole rings is 1. The molecule has 0 unspecified atom stereocenters. The molecule has 2 heterocycles. The van der Waals surface area contributed by atoms with Gasteiger partial charge in [-0.15, -0.1) is 11.3 Å². The minimum Gasteiger partial charge on any atom is -0.296 e. The van der Waals surface area contributed by atoms with Gasteiger partial charge in [-0.25, -0.2) is 9.78 Å². The van der Waals surface area contributed by atoms with Crippen LogP contribution in [0.25, 0.3) is 10.2 Å². The number of benzene rings is 1. The SMILES string of the molecule is O=c1n(Cc2nc3ccccc3s2)ccn1C1CC1. The van der Waals surface area contributed by atoms with Gasteiger partial charge in [-0.1, -0.05) is 12.1 Å². The minimum atomic E-state index is 0.0850. The van der Waals surface area contributed by atoms with Gasteiger partial charge in [0.15, 0.2) is 0 Å². The fraction of sp³-hybridized carbons (Fsp3) is 0.286. The van der Waals surface area contributed by atoms with Crippen molar-refractivity contribution in [3.05, 3.63) is 52.2 Å². The van der Waals surface area contributed by atoms with Crippen LogP contribution in [0.2, 0.25) is 0 Å². The van der Waals surface area contributed by atoms with Crippen molar-refractivity contribution in [3.63, 3.8) is 0 Å². The summed E-state index contributed by atoms with van der Waals surface area (Å²) in [6.07, 6.45) is 6.02. The Morgan fingerprint density at radius 1 is 1.26 bits per heavy atom. The third-order valence-electron chi connectivity index (χ3n) is 3.46. The zero-order valence-corrected chi connectivity index (χ0v) is 11.1. The lowest BCUT2D eigenvalue weighted by atomic mass is 10.3. The smallest absolute Gasteiger partial charge is 0.296 e. The quantitative estimate of drug-likeness (QED) is 0.734. The molecule has 4 nitrogen and oxygen atoms in total. The highest BCUT2D eigenvalue weighted by Crippen LogP contribution is 2.33. The van der Waals surface area contributed by atoms with Crippen LogP contribution < -0.4 is 5.69 Å². The van der Waals surface area contributed by atoms with Gasteiger partial charge in [0.05, 0.1) is 16.8 Å². The van der Waals surface area contributed by atoms with Crippen molar-refractivity contribution < 1.29 is 0 Å². The van der Waals surface area contributed by atoms with Gasteiger partial charge >= 0.3 is 5.69 Å². The van der Waals surface area contributed by atoms with E-state index in [-0.39, 0.29) is 5.69 Å². The summed E-state index contributed by atoms with van der Waals surface area (Å²) in [7, 11) is 0. The maximum absolute atomic E-state index is 12.2. The van der Waals surface area contributed by atoms with Crippen molar-refractivity contribution in [1.29, 1.82) is 0 Å². The number of rotatable bonds is 3. The number of para-hydroxylation sites is 1. The van der Waals surface area contributed by atoms with Crippen LogP contribution in [-0.2, 0) is 6.54 Å². The third-order valence-corrected chi connectivity index (χ3v) is 4.48. The zero-order valence-electron chi connectivity index (χ0n) is 10.3. The fourth-order valence-electron chi connectivity index (χ4n) is 2.31. The fourth-order valence-corrected chi connectivity index (χ4v) is 3.28. The van der Waals surface area contributed by atoms with Gasteiger partial charge in [0.2, 0.25) is 0 Å². The molecule has 96 valence electrons. The van der Waals surface area contributed by atoms with Crippen molar-refractivity contribution in [2.75, 3.05) is 0 Å². The molecule has 0 bridgehead atoms. The first-order valence-corrected chi connectivity index (χ1v) is 7.24. The Morgan fingerprint density at radius 2 is 2.11 bits per heavy atom. The summed E-state index contributed by atoms with van der Waals surface area (Å²) in [5.74, 6) is 0. The summed E-state index contributed by atoms with van der Waals surface area (Å²) >= 11 is 1.65. The number of fused-ring (bicyclic) bond motifs is 1. The van der Waals surface area contributed by atoms with Crippen molar-refractivity contribution >= 4 is 21.6 Å². The predicted octanol–water partition coefficient (Wildman–Crippen LogP) is 2.64. The van der Waals surface area contributed by atoms with Crippen LogP contribution in [0.5, 0.6) is 0 Å². The average molecular weight is 271 g/mol. The molecule has 4 rings (SSSR count). The largest absolute Gasteiger partial charge is 0.328 e. The molecular formula is C14H13N3OS.